The first-order valence-electron chi connectivity index (χ1n) is 7.66. The summed E-state index contributed by atoms with van der Waals surface area (Å²) < 4.78 is 38.4. The van der Waals surface area contributed by atoms with E-state index in [4.69, 9.17) is 9.47 Å². The molecule has 0 spiro atoms. The molecule has 2 aromatic carbocycles. The first-order chi connectivity index (χ1) is 11.8. The van der Waals surface area contributed by atoms with Crippen molar-refractivity contribution in [1.29, 1.82) is 0 Å². The third-order valence-corrected chi connectivity index (χ3v) is 5.79. The Kier molecular flexibility index (Phi) is 3.23. The molecule has 0 radical (unpaired) electrons. The number of benzene rings is 2. The second-order valence-corrected chi connectivity index (χ2v) is 8.14. The maximum absolute atomic E-state index is 12.7. The van der Waals surface area contributed by atoms with Gasteiger partial charge in [-0.25, -0.2) is 8.42 Å². The lowest BCUT2D eigenvalue weighted by Gasteiger charge is -2.16. The molecule has 2 aliphatic rings. The van der Waals surface area contributed by atoms with Crippen molar-refractivity contribution in [3.05, 3.63) is 42.0 Å². The average molecular weight is 360 g/mol. The number of hydrogen-bond acceptors (Lipinski definition) is 5. The summed E-state index contributed by atoms with van der Waals surface area (Å²) in [6, 6.07) is 9.43. The van der Waals surface area contributed by atoms with Gasteiger partial charge in [0.2, 0.25) is 12.7 Å². The summed E-state index contributed by atoms with van der Waals surface area (Å²) in [6.07, 6.45) is 0. The quantitative estimate of drug-likeness (QED) is 0.877. The SMILES string of the molecule is CC1(C)C(=O)Nc2ccc(S(=O)(=O)Nc3ccc4c(c3)OCO4)cc21. The van der Waals surface area contributed by atoms with Crippen LogP contribution < -0.4 is 19.5 Å². The van der Waals surface area contributed by atoms with Gasteiger partial charge in [0.25, 0.3) is 10.0 Å². The van der Waals surface area contributed by atoms with Crippen LogP contribution in [0.5, 0.6) is 11.5 Å². The van der Waals surface area contributed by atoms with Gasteiger partial charge in [-0.3, -0.25) is 9.52 Å². The number of nitrogens with one attached hydrogen (secondary N) is 2. The Bertz CT molecular complexity index is 998. The molecule has 0 aromatic heterocycles. The Morgan fingerprint density at radius 2 is 1.84 bits per heavy atom. The molecule has 25 heavy (non-hydrogen) atoms. The summed E-state index contributed by atoms with van der Waals surface area (Å²) in [7, 11) is -3.81. The molecule has 2 N–H and O–H groups in total. The van der Waals surface area contributed by atoms with E-state index in [0.29, 0.717) is 28.4 Å². The second kappa shape index (κ2) is 5.13. The molecule has 0 atom stereocenters. The van der Waals surface area contributed by atoms with E-state index in [1.54, 1.807) is 38.1 Å². The van der Waals surface area contributed by atoms with Gasteiger partial charge in [0.15, 0.2) is 11.5 Å². The van der Waals surface area contributed by atoms with Crippen molar-refractivity contribution in [1.82, 2.24) is 0 Å². The zero-order valence-electron chi connectivity index (χ0n) is 13.6. The minimum atomic E-state index is -3.81. The smallest absolute Gasteiger partial charge is 0.261 e. The van der Waals surface area contributed by atoms with E-state index in [-0.39, 0.29) is 17.6 Å². The highest BCUT2D eigenvalue weighted by atomic mass is 32.2. The maximum Gasteiger partial charge on any atom is 0.261 e. The average Bonchev–Trinajstić information content (AvgIpc) is 3.09. The summed E-state index contributed by atoms with van der Waals surface area (Å²) in [6.45, 7) is 3.64. The molecule has 1 amide bonds. The van der Waals surface area contributed by atoms with E-state index in [1.165, 1.54) is 12.1 Å². The third-order valence-electron chi connectivity index (χ3n) is 4.42. The Morgan fingerprint density at radius 1 is 1.08 bits per heavy atom. The van der Waals surface area contributed by atoms with Gasteiger partial charge in [-0.1, -0.05) is 0 Å². The number of fused-ring (bicyclic) bond motifs is 2. The highest BCUT2D eigenvalue weighted by Gasteiger charge is 2.39. The molecule has 7 nitrogen and oxygen atoms in total. The van der Waals surface area contributed by atoms with Gasteiger partial charge in [0, 0.05) is 11.8 Å². The van der Waals surface area contributed by atoms with Crippen molar-refractivity contribution in [2.24, 2.45) is 0 Å². The molecular formula is C17H16N2O5S. The maximum atomic E-state index is 12.7. The van der Waals surface area contributed by atoms with Crippen molar-refractivity contribution in [3.8, 4) is 11.5 Å². The van der Waals surface area contributed by atoms with Crippen LogP contribution in [-0.2, 0) is 20.2 Å². The summed E-state index contributed by atoms with van der Waals surface area (Å²) in [4.78, 5) is 12.1. The number of rotatable bonds is 3. The third kappa shape index (κ3) is 2.49. The number of sulfonamides is 1. The molecule has 2 aromatic rings. The normalized spacial score (nSPS) is 17.1. The Balaban J connectivity index is 1.68. The van der Waals surface area contributed by atoms with Gasteiger partial charge in [-0.05, 0) is 49.7 Å². The van der Waals surface area contributed by atoms with Crippen LogP contribution in [0.4, 0.5) is 11.4 Å². The first-order valence-corrected chi connectivity index (χ1v) is 9.14. The van der Waals surface area contributed by atoms with Crippen molar-refractivity contribution < 1.29 is 22.7 Å². The van der Waals surface area contributed by atoms with Crippen LogP contribution in [0.15, 0.2) is 41.3 Å². The van der Waals surface area contributed by atoms with E-state index in [9.17, 15) is 13.2 Å². The number of ether oxygens (including phenoxy) is 2. The van der Waals surface area contributed by atoms with Crippen LogP contribution in [0.25, 0.3) is 0 Å². The molecule has 4 rings (SSSR count). The van der Waals surface area contributed by atoms with Crippen LogP contribution in [0.1, 0.15) is 19.4 Å². The fourth-order valence-corrected chi connectivity index (χ4v) is 3.97. The van der Waals surface area contributed by atoms with Gasteiger partial charge >= 0.3 is 0 Å². The van der Waals surface area contributed by atoms with E-state index in [2.05, 4.69) is 10.0 Å². The number of amides is 1. The molecule has 0 saturated heterocycles. The summed E-state index contributed by atoms with van der Waals surface area (Å²) >= 11 is 0. The van der Waals surface area contributed by atoms with E-state index in [1.807, 2.05) is 0 Å². The molecular weight excluding hydrogens is 344 g/mol. The summed E-state index contributed by atoms with van der Waals surface area (Å²) in [5.41, 5.74) is 0.890. The number of carbonyl (C=O) groups is 1. The molecule has 130 valence electrons. The summed E-state index contributed by atoms with van der Waals surface area (Å²) in [5.74, 6) is 0.915. The number of anilines is 2. The Hall–Kier alpha value is -2.74. The van der Waals surface area contributed by atoms with Gasteiger partial charge in [-0.2, -0.15) is 0 Å². The van der Waals surface area contributed by atoms with Crippen molar-refractivity contribution in [3.63, 3.8) is 0 Å². The van der Waals surface area contributed by atoms with Crippen molar-refractivity contribution in [2.45, 2.75) is 24.2 Å². The van der Waals surface area contributed by atoms with Crippen LogP contribution in [0.2, 0.25) is 0 Å². The highest BCUT2D eigenvalue weighted by molar-refractivity contribution is 7.92. The topological polar surface area (TPSA) is 93.7 Å². The largest absolute Gasteiger partial charge is 0.454 e. The predicted octanol–water partition coefficient (Wildman–Crippen LogP) is 2.45. The van der Waals surface area contributed by atoms with Gasteiger partial charge in [0.05, 0.1) is 16.0 Å². The lowest BCUT2D eigenvalue weighted by molar-refractivity contribution is -0.119. The van der Waals surface area contributed by atoms with E-state index >= 15 is 0 Å². The zero-order valence-corrected chi connectivity index (χ0v) is 14.4. The van der Waals surface area contributed by atoms with Gasteiger partial charge in [0.1, 0.15) is 0 Å². The first kappa shape index (κ1) is 15.8. The molecule has 0 bridgehead atoms. The van der Waals surface area contributed by atoms with Crippen LogP contribution in [0, 0.1) is 0 Å². The Morgan fingerprint density at radius 3 is 2.64 bits per heavy atom. The molecule has 2 aliphatic heterocycles. The minimum absolute atomic E-state index is 0.0912. The molecule has 0 unspecified atom stereocenters. The zero-order chi connectivity index (χ0) is 17.8. The fourth-order valence-electron chi connectivity index (χ4n) is 2.89. The Labute approximate surface area is 145 Å². The van der Waals surface area contributed by atoms with Gasteiger partial charge < -0.3 is 14.8 Å². The summed E-state index contributed by atoms with van der Waals surface area (Å²) in [5, 5.41) is 2.76. The minimum Gasteiger partial charge on any atom is -0.454 e. The molecule has 0 aliphatic carbocycles. The van der Waals surface area contributed by atoms with Crippen molar-refractivity contribution >= 4 is 27.3 Å². The predicted molar refractivity (Wildman–Crippen MR) is 91.5 cm³/mol. The molecule has 0 fully saturated rings. The van der Waals surface area contributed by atoms with E-state index in [0.717, 1.165) is 0 Å². The fraction of sp³-hybridized carbons (Fsp3) is 0.235. The van der Waals surface area contributed by atoms with Gasteiger partial charge in [-0.15, -0.1) is 0 Å². The van der Waals surface area contributed by atoms with Crippen LogP contribution in [-0.4, -0.2) is 21.1 Å². The van der Waals surface area contributed by atoms with Crippen LogP contribution in [0.3, 0.4) is 0 Å². The second-order valence-electron chi connectivity index (χ2n) is 6.46. The molecule has 2 heterocycles. The molecule has 0 saturated carbocycles. The highest BCUT2D eigenvalue weighted by Crippen LogP contribution is 2.39. The lowest BCUT2D eigenvalue weighted by atomic mass is 9.86. The standard InChI is InChI=1S/C17H16N2O5S/c1-17(2)12-8-11(4-5-13(12)18-16(17)20)25(21,22)19-10-3-6-14-15(7-10)24-9-23-14/h3-8,19H,9H2,1-2H3,(H,18,20). The number of hydrogen-bond donors (Lipinski definition) is 2. The molecule has 8 heteroatoms. The lowest BCUT2D eigenvalue weighted by Crippen LogP contribution is -2.27. The monoisotopic (exact) mass is 360 g/mol. The van der Waals surface area contributed by atoms with Crippen molar-refractivity contribution in [2.75, 3.05) is 16.8 Å². The van der Waals surface area contributed by atoms with Crippen LogP contribution >= 0.6 is 0 Å². The van der Waals surface area contributed by atoms with E-state index < -0.39 is 15.4 Å². The number of carbonyl (C=O) groups excluding carboxylic acids is 1.